The Balaban J connectivity index is 2.46. The quantitative estimate of drug-likeness (QED) is 0.855. The Bertz CT molecular complexity index is 518. The highest BCUT2D eigenvalue weighted by molar-refractivity contribution is 5.83. The molecule has 0 radical (unpaired) electrons. The van der Waals surface area contributed by atoms with E-state index in [0.29, 0.717) is 17.0 Å². The second-order valence-electron chi connectivity index (χ2n) is 3.04. The second kappa shape index (κ2) is 4.06. The van der Waals surface area contributed by atoms with Crippen LogP contribution in [0.1, 0.15) is 10.7 Å². The van der Waals surface area contributed by atoms with Crippen molar-refractivity contribution < 1.29 is 19.1 Å². The summed E-state index contributed by atoms with van der Waals surface area (Å²) in [5.74, 6) is -0.908. The average Bonchev–Trinajstić information content (AvgIpc) is 2.78. The van der Waals surface area contributed by atoms with Crippen LogP contribution in [-0.2, 0) is 0 Å². The van der Waals surface area contributed by atoms with Gasteiger partial charge in [0.1, 0.15) is 17.7 Å². The standard InChI is InChI=1S/C11H9NO4/c1-15-9-5-3-2-4-7(9)8-6-16-10(12-8)11(13)14/h2-6H,1H3,(H,13,14). The highest BCUT2D eigenvalue weighted by Crippen LogP contribution is 2.28. The van der Waals surface area contributed by atoms with E-state index in [-0.39, 0.29) is 5.89 Å². The minimum absolute atomic E-state index is 0.332. The molecule has 2 rings (SSSR count). The molecule has 0 aliphatic rings. The Morgan fingerprint density at radius 1 is 1.44 bits per heavy atom. The number of hydrogen-bond acceptors (Lipinski definition) is 4. The number of aromatic nitrogens is 1. The zero-order valence-electron chi connectivity index (χ0n) is 8.51. The Labute approximate surface area is 91.3 Å². The fourth-order valence-electron chi connectivity index (χ4n) is 1.35. The van der Waals surface area contributed by atoms with E-state index in [1.165, 1.54) is 13.4 Å². The van der Waals surface area contributed by atoms with Crippen LogP contribution in [0.2, 0.25) is 0 Å². The predicted molar refractivity (Wildman–Crippen MR) is 55.5 cm³/mol. The van der Waals surface area contributed by atoms with Crippen molar-refractivity contribution in [2.24, 2.45) is 0 Å². The van der Waals surface area contributed by atoms with Crippen LogP contribution in [-0.4, -0.2) is 23.2 Å². The van der Waals surface area contributed by atoms with Crippen molar-refractivity contribution in [2.45, 2.75) is 0 Å². The average molecular weight is 219 g/mol. The van der Waals surface area contributed by atoms with Crippen molar-refractivity contribution in [3.63, 3.8) is 0 Å². The van der Waals surface area contributed by atoms with Gasteiger partial charge in [0, 0.05) is 5.56 Å². The molecule has 2 aromatic rings. The van der Waals surface area contributed by atoms with E-state index in [0.717, 1.165) is 0 Å². The monoisotopic (exact) mass is 219 g/mol. The summed E-state index contributed by atoms with van der Waals surface area (Å²) in [6, 6.07) is 7.18. The molecule has 5 nitrogen and oxygen atoms in total. The number of aromatic carboxylic acids is 1. The van der Waals surface area contributed by atoms with Gasteiger partial charge in [-0.25, -0.2) is 9.78 Å². The third-order valence-corrected chi connectivity index (χ3v) is 2.07. The van der Waals surface area contributed by atoms with Crippen LogP contribution in [0.15, 0.2) is 34.9 Å². The van der Waals surface area contributed by atoms with Gasteiger partial charge in [-0.3, -0.25) is 0 Å². The number of benzene rings is 1. The van der Waals surface area contributed by atoms with Crippen LogP contribution < -0.4 is 4.74 Å². The van der Waals surface area contributed by atoms with Crippen LogP contribution in [0, 0.1) is 0 Å². The van der Waals surface area contributed by atoms with E-state index in [9.17, 15) is 4.79 Å². The van der Waals surface area contributed by atoms with Crippen molar-refractivity contribution >= 4 is 5.97 Å². The first-order valence-electron chi connectivity index (χ1n) is 4.54. The fraction of sp³-hybridized carbons (Fsp3) is 0.0909. The second-order valence-corrected chi connectivity index (χ2v) is 3.04. The minimum atomic E-state index is -1.19. The summed E-state index contributed by atoms with van der Waals surface area (Å²) in [5.41, 5.74) is 1.14. The maximum Gasteiger partial charge on any atom is 0.392 e. The number of para-hydroxylation sites is 1. The number of nitrogens with zero attached hydrogens (tertiary/aromatic N) is 1. The lowest BCUT2D eigenvalue weighted by Crippen LogP contribution is -1.96. The molecule has 0 aliphatic carbocycles. The van der Waals surface area contributed by atoms with Gasteiger partial charge < -0.3 is 14.3 Å². The molecule has 0 fully saturated rings. The fourth-order valence-corrected chi connectivity index (χ4v) is 1.35. The first-order valence-corrected chi connectivity index (χ1v) is 4.54. The van der Waals surface area contributed by atoms with E-state index in [1.54, 1.807) is 12.1 Å². The molecule has 0 spiro atoms. The summed E-state index contributed by atoms with van der Waals surface area (Å²) in [6.45, 7) is 0. The molecule has 16 heavy (non-hydrogen) atoms. The Morgan fingerprint density at radius 3 is 2.81 bits per heavy atom. The maximum atomic E-state index is 10.6. The highest BCUT2D eigenvalue weighted by Gasteiger charge is 2.14. The van der Waals surface area contributed by atoms with Crippen molar-refractivity contribution in [1.29, 1.82) is 0 Å². The number of ether oxygens (including phenoxy) is 1. The van der Waals surface area contributed by atoms with Crippen molar-refractivity contribution in [1.82, 2.24) is 4.98 Å². The highest BCUT2D eigenvalue weighted by atomic mass is 16.5. The van der Waals surface area contributed by atoms with E-state index in [4.69, 9.17) is 14.3 Å². The normalized spacial score (nSPS) is 10.1. The topological polar surface area (TPSA) is 72.6 Å². The third-order valence-electron chi connectivity index (χ3n) is 2.07. The first-order chi connectivity index (χ1) is 7.72. The summed E-state index contributed by atoms with van der Waals surface area (Å²) in [5, 5.41) is 8.68. The number of carboxylic acids is 1. The maximum absolute atomic E-state index is 10.6. The van der Waals surface area contributed by atoms with Gasteiger partial charge in [-0.05, 0) is 12.1 Å². The van der Waals surface area contributed by atoms with Crippen LogP contribution in [0.4, 0.5) is 0 Å². The number of methoxy groups -OCH3 is 1. The van der Waals surface area contributed by atoms with Gasteiger partial charge in [-0.15, -0.1) is 0 Å². The lowest BCUT2D eigenvalue weighted by atomic mass is 10.1. The van der Waals surface area contributed by atoms with Crippen molar-refractivity contribution in [3.05, 3.63) is 36.4 Å². The van der Waals surface area contributed by atoms with Gasteiger partial charge in [0.05, 0.1) is 7.11 Å². The Hall–Kier alpha value is -2.30. The number of carbonyl (C=O) groups is 1. The molecule has 5 heteroatoms. The van der Waals surface area contributed by atoms with Crippen LogP contribution >= 0.6 is 0 Å². The lowest BCUT2D eigenvalue weighted by molar-refractivity contribution is 0.0653. The summed E-state index contributed by atoms with van der Waals surface area (Å²) < 4.78 is 9.95. The van der Waals surface area contributed by atoms with Crippen LogP contribution in [0.5, 0.6) is 5.75 Å². The molecule has 1 N–H and O–H groups in total. The lowest BCUT2D eigenvalue weighted by Gasteiger charge is -2.03. The first kappa shape index (κ1) is 10.2. The largest absolute Gasteiger partial charge is 0.496 e. The third kappa shape index (κ3) is 1.75. The van der Waals surface area contributed by atoms with Gasteiger partial charge in [-0.2, -0.15) is 0 Å². The van der Waals surface area contributed by atoms with Crippen LogP contribution in [0.3, 0.4) is 0 Å². The molecule has 0 bridgehead atoms. The van der Waals surface area contributed by atoms with E-state index in [1.807, 2.05) is 12.1 Å². The predicted octanol–water partition coefficient (Wildman–Crippen LogP) is 2.05. The Kier molecular flexibility index (Phi) is 2.59. The molecule has 0 saturated carbocycles. The molecule has 0 saturated heterocycles. The van der Waals surface area contributed by atoms with Gasteiger partial charge >= 0.3 is 11.9 Å². The molecule has 1 aromatic heterocycles. The zero-order valence-corrected chi connectivity index (χ0v) is 8.51. The minimum Gasteiger partial charge on any atom is -0.496 e. The summed E-state index contributed by atoms with van der Waals surface area (Å²) in [4.78, 5) is 14.5. The van der Waals surface area contributed by atoms with Gasteiger partial charge in [0.15, 0.2) is 0 Å². The summed E-state index contributed by atoms with van der Waals surface area (Å²) in [6.07, 6.45) is 1.29. The SMILES string of the molecule is COc1ccccc1-c1coc(C(=O)O)n1. The summed E-state index contributed by atoms with van der Waals surface area (Å²) in [7, 11) is 1.54. The van der Waals surface area contributed by atoms with Crippen molar-refractivity contribution in [2.75, 3.05) is 7.11 Å². The smallest absolute Gasteiger partial charge is 0.392 e. The number of oxazole rings is 1. The molecule has 0 amide bonds. The summed E-state index contributed by atoms with van der Waals surface area (Å²) >= 11 is 0. The van der Waals surface area contributed by atoms with Crippen LogP contribution in [0.25, 0.3) is 11.3 Å². The van der Waals surface area contributed by atoms with Crippen molar-refractivity contribution in [3.8, 4) is 17.0 Å². The Morgan fingerprint density at radius 2 is 2.19 bits per heavy atom. The number of hydrogen-bond donors (Lipinski definition) is 1. The number of carboxylic acid groups (broad SMARTS) is 1. The zero-order chi connectivity index (χ0) is 11.5. The van der Waals surface area contributed by atoms with Gasteiger partial charge in [0.2, 0.25) is 0 Å². The van der Waals surface area contributed by atoms with E-state index < -0.39 is 5.97 Å². The number of rotatable bonds is 3. The van der Waals surface area contributed by atoms with E-state index >= 15 is 0 Å². The molecular formula is C11H9NO4. The van der Waals surface area contributed by atoms with E-state index in [2.05, 4.69) is 4.98 Å². The molecule has 0 unspecified atom stereocenters. The molecular weight excluding hydrogens is 210 g/mol. The molecule has 0 atom stereocenters. The van der Waals surface area contributed by atoms with Gasteiger partial charge in [0.25, 0.3) is 0 Å². The molecule has 1 aromatic carbocycles. The van der Waals surface area contributed by atoms with Gasteiger partial charge in [-0.1, -0.05) is 12.1 Å². The molecule has 82 valence electrons. The molecule has 0 aliphatic heterocycles. The molecule has 1 heterocycles.